The number of aromatic nitrogens is 3. The van der Waals surface area contributed by atoms with Crippen molar-refractivity contribution >= 4 is 23.6 Å². The van der Waals surface area contributed by atoms with Crippen molar-refractivity contribution in [3.8, 4) is 0 Å². The summed E-state index contributed by atoms with van der Waals surface area (Å²) in [5, 5.41) is 5.43. The average Bonchev–Trinajstić information content (AvgIpc) is 2.74. The van der Waals surface area contributed by atoms with Crippen LogP contribution < -0.4 is 5.46 Å². The van der Waals surface area contributed by atoms with E-state index < -0.39 is 0 Å². The highest BCUT2D eigenvalue weighted by Gasteiger charge is 2.51. The molecule has 1 aliphatic rings. The van der Waals surface area contributed by atoms with Crippen LogP contribution in [-0.2, 0) is 16.4 Å². The Morgan fingerprint density at radius 2 is 1.75 bits per heavy atom. The summed E-state index contributed by atoms with van der Waals surface area (Å²) in [4.78, 5) is 4.48. The summed E-state index contributed by atoms with van der Waals surface area (Å²) in [5.41, 5.74) is 2.11. The molecule has 0 aliphatic carbocycles. The van der Waals surface area contributed by atoms with Crippen molar-refractivity contribution in [2.45, 2.75) is 45.8 Å². The van der Waals surface area contributed by atoms with Crippen molar-refractivity contribution < 1.29 is 9.31 Å². The molecule has 0 bridgehead atoms. The summed E-state index contributed by atoms with van der Waals surface area (Å²) in [6.45, 7) is 10.2. The van der Waals surface area contributed by atoms with Gasteiger partial charge >= 0.3 is 7.12 Å². The Hall–Kier alpha value is -1.40. The first kappa shape index (κ1) is 13.6. The van der Waals surface area contributed by atoms with Crippen LogP contribution >= 0.6 is 0 Å². The molecule has 3 rings (SSSR count). The molecule has 1 fully saturated rings. The largest absolute Gasteiger partial charge is 0.496 e. The molecule has 0 spiro atoms. The summed E-state index contributed by atoms with van der Waals surface area (Å²) < 4.78 is 13.9. The third kappa shape index (κ3) is 1.86. The van der Waals surface area contributed by atoms with Crippen LogP contribution in [0.15, 0.2) is 12.3 Å². The van der Waals surface area contributed by atoms with E-state index in [9.17, 15) is 0 Å². The number of hydrogen-bond acceptors (Lipinski definition) is 4. The van der Waals surface area contributed by atoms with Gasteiger partial charge in [0.05, 0.1) is 16.9 Å². The number of rotatable bonds is 1. The first-order valence-electron chi connectivity index (χ1n) is 6.86. The predicted octanol–water partition coefficient (Wildman–Crippen LogP) is 1.58. The van der Waals surface area contributed by atoms with E-state index in [1.807, 2.05) is 47.9 Å². The quantitative estimate of drug-likeness (QED) is 0.740. The highest BCUT2D eigenvalue weighted by atomic mass is 16.7. The van der Waals surface area contributed by atoms with Gasteiger partial charge in [-0.1, -0.05) is 0 Å². The van der Waals surface area contributed by atoms with Gasteiger partial charge in [0.1, 0.15) is 0 Å². The maximum Gasteiger partial charge on any atom is 0.496 e. The van der Waals surface area contributed by atoms with Crippen molar-refractivity contribution in [1.29, 1.82) is 0 Å². The second-order valence-corrected chi connectivity index (χ2v) is 6.44. The van der Waals surface area contributed by atoms with Gasteiger partial charge < -0.3 is 9.31 Å². The molecule has 6 heteroatoms. The number of aryl methyl sites for hydroxylation is 2. The molecule has 3 heterocycles. The lowest BCUT2D eigenvalue weighted by Crippen LogP contribution is -2.41. The van der Waals surface area contributed by atoms with Gasteiger partial charge in [-0.05, 0) is 40.7 Å². The fraction of sp³-hybridized carbons (Fsp3) is 0.571. The average molecular weight is 273 g/mol. The highest BCUT2D eigenvalue weighted by Crippen LogP contribution is 2.36. The first-order chi connectivity index (χ1) is 9.21. The molecular formula is C14H20BN3O2. The van der Waals surface area contributed by atoms with E-state index >= 15 is 0 Å². The molecule has 5 nitrogen and oxygen atoms in total. The van der Waals surface area contributed by atoms with Crippen LogP contribution in [-0.4, -0.2) is 33.1 Å². The van der Waals surface area contributed by atoms with Gasteiger partial charge in [-0.3, -0.25) is 4.68 Å². The predicted molar refractivity (Wildman–Crippen MR) is 79.0 cm³/mol. The summed E-state index contributed by atoms with van der Waals surface area (Å²) >= 11 is 0. The van der Waals surface area contributed by atoms with Crippen LogP contribution in [0.5, 0.6) is 0 Å². The minimum absolute atomic E-state index is 0.337. The second-order valence-electron chi connectivity index (χ2n) is 6.44. The molecule has 20 heavy (non-hydrogen) atoms. The topological polar surface area (TPSA) is 49.2 Å². The molecule has 106 valence electrons. The van der Waals surface area contributed by atoms with Gasteiger partial charge in [-0.2, -0.15) is 5.10 Å². The van der Waals surface area contributed by atoms with Crippen LogP contribution in [0, 0.1) is 6.92 Å². The molecule has 0 N–H and O–H groups in total. The van der Waals surface area contributed by atoms with E-state index in [2.05, 4.69) is 16.1 Å². The van der Waals surface area contributed by atoms with E-state index in [0.717, 1.165) is 22.2 Å². The number of hydrogen-bond donors (Lipinski definition) is 0. The Bertz CT molecular complexity index is 662. The zero-order valence-electron chi connectivity index (χ0n) is 12.9. The number of nitrogens with zero attached hydrogens (tertiary/aromatic N) is 3. The molecule has 0 amide bonds. The molecule has 2 aromatic heterocycles. The Morgan fingerprint density at radius 1 is 1.15 bits per heavy atom. The molecular weight excluding hydrogens is 253 g/mol. The Morgan fingerprint density at radius 3 is 2.35 bits per heavy atom. The standard InChI is InChI=1S/C14H20BN3O2/c1-9-11-7-10(8-16-12(11)18(6)17-9)15-19-13(2,3)14(4,5)20-15/h7-8H,1-6H3. The Balaban J connectivity index is 2.02. The maximum absolute atomic E-state index is 6.06. The smallest absolute Gasteiger partial charge is 0.399 e. The van der Waals surface area contributed by atoms with Crippen molar-refractivity contribution in [2.24, 2.45) is 7.05 Å². The molecule has 1 saturated heterocycles. The van der Waals surface area contributed by atoms with E-state index in [1.54, 1.807) is 4.68 Å². The van der Waals surface area contributed by atoms with Gasteiger partial charge in [0.2, 0.25) is 0 Å². The van der Waals surface area contributed by atoms with Crippen molar-refractivity contribution in [1.82, 2.24) is 14.8 Å². The van der Waals surface area contributed by atoms with Gasteiger partial charge in [-0.15, -0.1) is 0 Å². The monoisotopic (exact) mass is 273 g/mol. The molecule has 0 radical (unpaired) electrons. The zero-order valence-corrected chi connectivity index (χ0v) is 12.9. The van der Waals surface area contributed by atoms with Crippen LogP contribution in [0.4, 0.5) is 0 Å². The SMILES string of the molecule is Cc1nn(C)c2ncc(B3OC(C)(C)C(C)(C)O3)cc12. The fourth-order valence-corrected chi connectivity index (χ4v) is 2.43. The fourth-order valence-electron chi connectivity index (χ4n) is 2.43. The normalized spacial score (nSPS) is 20.8. The lowest BCUT2D eigenvalue weighted by atomic mass is 9.80. The van der Waals surface area contributed by atoms with Gasteiger partial charge in [0.15, 0.2) is 5.65 Å². The minimum Gasteiger partial charge on any atom is -0.399 e. The zero-order chi connectivity index (χ0) is 14.7. The van der Waals surface area contributed by atoms with E-state index in [4.69, 9.17) is 9.31 Å². The highest BCUT2D eigenvalue weighted by molar-refractivity contribution is 6.62. The van der Waals surface area contributed by atoms with Crippen LogP contribution in [0.1, 0.15) is 33.4 Å². The summed E-state index contributed by atoms with van der Waals surface area (Å²) in [6, 6.07) is 2.06. The van der Waals surface area contributed by atoms with E-state index in [-0.39, 0.29) is 18.3 Å². The summed E-state index contributed by atoms with van der Waals surface area (Å²) in [5.74, 6) is 0. The van der Waals surface area contributed by atoms with Gasteiger partial charge in [0.25, 0.3) is 0 Å². The summed E-state index contributed by atoms with van der Waals surface area (Å²) in [6.07, 6.45) is 1.81. The Labute approximate surface area is 119 Å². The van der Waals surface area contributed by atoms with Crippen molar-refractivity contribution in [3.63, 3.8) is 0 Å². The van der Waals surface area contributed by atoms with Crippen LogP contribution in [0.2, 0.25) is 0 Å². The number of fused-ring (bicyclic) bond motifs is 1. The number of pyridine rings is 1. The van der Waals surface area contributed by atoms with Crippen LogP contribution in [0.25, 0.3) is 11.0 Å². The third-order valence-electron chi connectivity index (χ3n) is 4.41. The molecule has 2 aromatic rings. The van der Waals surface area contributed by atoms with Crippen molar-refractivity contribution in [2.75, 3.05) is 0 Å². The third-order valence-corrected chi connectivity index (χ3v) is 4.41. The molecule has 1 aliphatic heterocycles. The van der Waals surface area contributed by atoms with Gasteiger partial charge in [-0.25, -0.2) is 4.98 Å². The molecule has 0 saturated carbocycles. The Kier molecular flexibility index (Phi) is 2.75. The van der Waals surface area contributed by atoms with E-state index in [1.165, 1.54) is 0 Å². The lowest BCUT2D eigenvalue weighted by molar-refractivity contribution is 0.00578. The molecule has 0 atom stereocenters. The van der Waals surface area contributed by atoms with E-state index in [0.29, 0.717) is 0 Å². The van der Waals surface area contributed by atoms with Crippen molar-refractivity contribution in [3.05, 3.63) is 18.0 Å². The van der Waals surface area contributed by atoms with Crippen LogP contribution in [0.3, 0.4) is 0 Å². The maximum atomic E-state index is 6.06. The summed E-state index contributed by atoms with van der Waals surface area (Å²) in [7, 11) is 1.52. The lowest BCUT2D eigenvalue weighted by Gasteiger charge is -2.32. The second kappa shape index (κ2) is 4.05. The molecule has 0 unspecified atom stereocenters. The van der Waals surface area contributed by atoms with Gasteiger partial charge in [0, 0.05) is 24.1 Å². The minimum atomic E-state index is -0.378. The molecule has 0 aromatic carbocycles. The first-order valence-corrected chi connectivity index (χ1v) is 6.86.